The smallest absolute Gasteiger partial charge is 0.326 e. The summed E-state index contributed by atoms with van der Waals surface area (Å²) in [6, 6.07) is 13.7. The summed E-state index contributed by atoms with van der Waals surface area (Å²) >= 11 is 0. The molecule has 0 atom stereocenters. The van der Waals surface area contributed by atoms with E-state index in [9.17, 15) is 14.4 Å². The summed E-state index contributed by atoms with van der Waals surface area (Å²) in [6.45, 7) is 6.53. The molecular weight excluding hydrogens is 450 g/mol. The second kappa shape index (κ2) is 11.7. The van der Waals surface area contributed by atoms with Crippen LogP contribution in [0, 0.1) is 0 Å². The highest BCUT2D eigenvalue weighted by molar-refractivity contribution is 6.15. The van der Waals surface area contributed by atoms with Crippen molar-refractivity contribution in [3.8, 4) is 5.75 Å². The Morgan fingerprint density at radius 3 is 2.46 bits per heavy atom. The van der Waals surface area contributed by atoms with Gasteiger partial charge in [0.2, 0.25) is 11.8 Å². The average molecular weight is 482 g/mol. The Morgan fingerprint density at radius 1 is 1.03 bits per heavy atom. The van der Waals surface area contributed by atoms with Crippen molar-refractivity contribution in [2.45, 2.75) is 6.92 Å². The third-order valence-corrected chi connectivity index (χ3v) is 5.88. The van der Waals surface area contributed by atoms with Crippen LogP contribution in [0.25, 0.3) is 0 Å². The maximum Gasteiger partial charge on any atom is 0.326 e. The van der Waals surface area contributed by atoms with Gasteiger partial charge >= 0.3 is 6.03 Å². The van der Waals surface area contributed by atoms with Crippen LogP contribution < -0.4 is 25.2 Å². The minimum absolute atomic E-state index is 0.104. The first-order valence-electron chi connectivity index (χ1n) is 11.8. The van der Waals surface area contributed by atoms with E-state index in [4.69, 9.17) is 9.47 Å². The number of para-hydroxylation sites is 2. The number of fused-ring (bicyclic) bond motifs is 1. The van der Waals surface area contributed by atoms with Crippen molar-refractivity contribution in [3.05, 3.63) is 48.5 Å². The first-order chi connectivity index (χ1) is 17.0. The van der Waals surface area contributed by atoms with Crippen LogP contribution in [0.4, 0.5) is 21.9 Å². The molecule has 4 amide bonds. The highest BCUT2D eigenvalue weighted by Crippen LogP contribution is 2.33. The molecule has 10 nitrogen and oxygen atoms in total. The van der Waals surface area contributed by atoms with Crippen LogP contribution in [0.2, 0.25) is 0 Å². The SMILES string of the molecule is CCOc1ccc(NC(=O)N2CC(=O)N(CC(=O)NCCN3CCOCC3)c3ccccc32)cc1. The topological polar surface area (TPSA) is 103 Å². The minimum Gasteiger partial charge on any atom is -0.494 e. The number of carbonyl (C=O) groups is 3. The minimum atomic E-state index is -0.426. The zero-order chi connectivity index (χ0) is 24.6. The van der Waals surface area contributed by atoms with Gasteiger partial charge in [-0.2, -0.15) is 0 Å². The Bertz CT molecular complexity index is 1040. The van der Waals surface area contributed by atoms with E-state index in [1.165, 1.54) is 9.80 Å². The molecule has 0 unspecified atom stereocenters. The van der Waals surface area contributed by atoms with Crippen LogP contribution >= 0.6 is 0 Å². The molecule has 0 spiro atoms. The lowest BCUT2D eigenvalue weighted by molar-refractivity contribution is -0.123. The zero-order valence-electron chi connectivity index (χ0n) is 19.9. The number of nitrogens with one attached hydrogen (secondary N) is 2. The Kier molecular flexibility index (Phi) is 8.17. The fourth-order valence-corrected chi connectivity index (χ4v) is 4.09. The number of hydrogen-bond donors (Lipinski definition) is 2. The van der Waals surface area contributed by atoms with Gasteiger partial charge in [0, 0.05) is 31.9 Å². The summed E-state index contributed by atoms with van der Waals surface area (Å²) in [4.78, 5) is 43.6. The highest BCUT2D eigenvalue weighted by atomic mass is 16.5. The molecule has 2 aliphatic rings. The van der Waals surface area contributed by atoms with Crippen molar-refractivity contribution in [2.24, 2.45) is 0 Å². The quantitative estimate of drug-likeness (QED) is 0.597. The second-order valence-corrected chi connectivity index (χ2v) is 8.25. The lowest BCUT2D eigenvalue weighted by Crippen LogP contribution is -2.52. The summed E-state index contributed by atoms with van der Waals surface area (Å²) < 4.78 is 10.8. The van der Waals surface area contributed by atoms with Gasteiger partial charge in [-0.25, -0.2) is 4.79 Å². The molecule has 2 heterocycles. The first kappa shape index (κ1) is 24.5. The Hall–Kier alpha value is -3.63. The van der Waals surface area contributed by atoms with E-state index in [0.717, 1.165) is 19.6 Å². The van der Waals surface area contributed by atoms with Crippen LogP contribution in [0.5, 0.6) is 5.75 Å². The van der Waals surface area contributed by atoms with Gasteiger partial charge in [0.1, 0.15) is 18.8 Å². The maximum absolute atomic E-state index is 13.0. The molecule has 2 aliphatic heterocycles. The van der Waals surface area contributed by atoms with Crippen molar-refractivity contribution in [1.82, 2.24) is 10.2 Å². The third-order valence-electron chi connectivity index (χ3n) is 5.88. The Labute approximate surface area is 204 Å². The predicted molar refractivity (Wildman–Crippen MR) is 133 cm³/mol. The van der Waals surface area contributed by atoms with E-state index in [2.05, 4.69) is 15.5 Å². The number of carbonyl (C=O) groups excluding carboxylic acids is 3. The second-order valence-electron chi connectivity index (χ2n) is 8.25. The van der Waals surface area contributed by atoms with Gasteiger partial charge in [0.25, 0.3) is 0 Å². The number of ether oxygens (including phenoxy) is 2. The van der Waals surface area contributed by atoms with Crippen LogP contribution in [0.3, 0.4) is 0 Å². The standard InChI is InChI=1S/C25H31N5O5/c1-2-35-20-9-7-19(8-10-20)27-25(33)30-18-24(32)29(21-5-3-4-6-22(21)30)17-23(31)26-11-12-28-13-15-34-16-14-28/h3-10H,2,11-18H2,1H3,(H,26,31)(H,27,33). The monoisotopic (exact) mass is 481 g/mol. The van der Waals surface area contributed by atoms with Crippen LogP contribution in [0.15, 0.2) is 48.5 Å². The molecular formula is C25H31N5O5. The number of anilines is 3. The first-order valence-corrected chi connectivity index (χ1v) is 11.8. The summed E-state index contributed by atoms with van der Waals surface area (Å²) in [5.74, 6) is 0.144. The molecule has 10 heteroatoms. The number of nitrogens with zero attached hydrogens (tertiary/aromatic N) is 3. The van der Waals surface area contributed by atoms with Gasteiger partial charge in [-0.1, -0.05) is 12.1 Å². The van der Waals surface area contributed by atoms with Crippen molar-refractivity contribution in [2.75, 3.05) is 74.2 Å². The molecule has 2 aromatic carbocycles. The van der Waals surface area contributed by atoms with E-state index in [0.29, 0.717) is 49.2 Å². The molecule has 186 valence electrons. The van der Waals surface area contributed by atoms with Gasteiger partial charge in [-0.15, -0.1) is 0 Å². The number of benzene rings is 2. The fraction of sp³-hybridized carbons (Fsp3) is 0.400. The zero-order valence-corrected chi connectivity index (χ0v) is 19.9. The normalized spacial score (nSPS) is 16.0. The maximum atomic E-state index is 13.0. The van der Waals surface area contributed by atoms with E-state index < -0.39 is 6.03 Å². The molecule has 0 aliphatic carbocycles. The van der Waals surface area contributed by atoms with Crippen LogP contribution in [-0.4, -0.2) is 81.8 Å². The molecule has 0 bridgehead atoms. The summed E-state index contributed by atoms with van der Waals surface area (Å²) in [6.07, 6.45) is 0. The number of morpholine rings is 1. The molecule has 1 saturated heterocycles. The largest absolute Gasteiger partial charge is 0.494 e. The summed E-state index contributed by atoms with van der Waals surface area (Å²) in [5.41, 5.74) is 1.68. The third kappa shape index (κ3) is 6.28. The molecule has 4 rings (SSSR count). The summed E-state index contributed by atoms with van der Waals surface area (Å²) in [5, 5.41) is 5.72. The van der Waals surface area contributed by atoms with Crippen LogP contribution in [-0.2, 0) is 14.3 Å². The molecule has 0 aromatic heterocycles. The van der Waals surface area contributed by atoms with E-state index >= 15 is 0 Å². The molecule has 0 radical (unpaired) electrons. The molecule has 35 heavy (non-hydrogen) atoms. The Balaban J connectivity index is 1.38. The fourth-order valence-electron chi connectivity index (χ4n) is 4.09. The van der Waals surface area contributed by atoms with E-state index in [1.54, 1.807) is 48.5 Å². The number of hydrogen-bond acceptors (Lipinski definition) is 6. The van der Waals surface area contributed by atoms with Gasteiger partial charge < -0.3 is 20.1 Å². The Morgan fingerprint density at radius 2 is 1.74 bits per heavy atom. The van der Waals surface area contributed by atoms with Crippen LogP contribution in [0.1, 0.15) is 6.92 Å². The van der Waals surface area contributed by atoms with Crippen molar-refractivity contribution < 1.29 is 23.9 Å². The molecule has 1 fully saturated rings. The van der Waals surface area contributed by atoms with E-state index in [-0.39, 0.29) is 24.9 Å². The van der Waals surface area contributed by atoms with Crippen molar-refractivity contribution in [1.29, 1.82) is 0 Å². The summed E-state index contributed by atoms with van der Waals surface area (Å²) in [7, 11) is 0. The van der Waals surface area contributed by atoms with E-state index in [1.807, 2.05) is 6.92 Å². The number of urea groups is 1. The highest BCUT2D eigenvalue weighted by Gasteiger charge is 2.33. The van der Waals surface area contributed by atoms with Gasteiger partial charge in [-0.05, 0) is 43.3 Å². The van der Waals surface area contributed by atoms with Gasteiger partial charge in [0.15, 0.2) is 0 Å². The number of amides is 4. The number of rotatable bonds is 8. The molecule has 2 aromatic rings. The average Bonchev–Trinajstić information content (AvgIpc) is 2.87. The van der Waals surface area contributed by atoms with Gasteiger partial charge in [-0.3, -0.25) is 24.3 Å². The lowest BCUT2D eigenvalue weighted by Gasteiger charge is -2.35. The van der Waals surface area contributed by atoms with Crippen molar-refractivity contribution >= 4 is 34.9 Å². The predicted octanol–water partition coefficient (Wildman–Crippen LogP) is 1.92. The van der Waals surface area contributed by atoms with Gasteiger partial charge in [0.05, 0.1) is 31.2 Å². The lowest BCUT2D eigenvalue weighted by atomic mass is 10.1. The molecule has 2 N–H and O–H groups in total. The molecule has 0 saturated carbocycles. The van der Waals surface area contributed by atoms with Crippen molar-refractivity contribution in [3.63, 3.8) is 0 Å².